The Morgan fingerprint density at radius 3 is 2.19 bits per heavy atom. The summed E-state index contributed by atoms with van der Waals surface area (Å²) in [6.07, 6.45) is 0. The molecule has 2 amide bonds. The molecule has 37 heavy (non-hydrogen) atoms. The maximum absolute atomic E-state index is 13.8. The van der Waals surface area contributed by atoms with Gasteiger partial charge in [-0.2, -0.15) is 0 Å². The monoisotopic (exact) mass is 585 g/mol. The fourth-order valence-corrected chi connectivity index (χ4v) is 5.95. The number of sulfonamides is 1. The minimum atomic E-state index is -4.07. The first kappa shape index (κ1) is 28.4. The van der Waals surface area contributed by atoms with Crippen LogP contribution in [0.4, 0.5) is 5.69 Å². The van der Waals surface area contributed by atoms with E-state index in [1.807, 2.05) is 44.2 Å². The maximum Gasteiger partial charge on any atom is 0.264 e. The molecular formula is C28H32BrN3O4S. The first-order valence-corrected chi connectivity index (χ1v) is 14.2. The number of nitrogens with one attached hydrogen (secondary N) is 1. The summed E-state index contributed by atoms with van der Waals surface area (Å²) in [5.41, 5.74) is 2.94. The largest absolute Gasteiger partial charge is 0.355 e. The van der Waals surface area contributed by atoms with Crippen LogP contribution in [-0.4, -0.2) is 44.3 Å². The highest BCUT2D eigenvalue weighted by Crippen LogP contribution is 2.26. The number of benzene rings is 3. The molecule has 3 rings (SSSR count). The van der Waals surface area contributed by atoms with Gasteiger partial charge in [-0.15, -0.1) is 0 Å². The maximum atomic E-state index is 13.8. The van der Waals surface area contributed by atoms with E-state index >= 15 is 0 Å². The van der Waals surface area contributed by atoms with Gasteiger partial charge in [0.1, 0.15) is 12.6 Å². The van der Waals surface area contributed by atoms with Crippen molar-refractivity contribution in [3.8, 4) is 0 Å². The van der Waals surface area contributed by atoms with Gasteiger partial charge >= 0.3 is 0 Å². The van der Waals surface area contributed by atoms with Crippen LogP contribution >= 0.6 is 15.9 Å². The summed E-state index contributed by atoms with van der Waals surface area (Å²) in [4.78, 5) is 28.1. The van der Waals surface area contributed by atoms with Crippen LogP contribution in [0.2, 0.25) is 0 Å². The Bertz CT molecular complexity index is 1340. The molecular weight excluding hydrogens is 554 g/mol. The van der Waals surface area contributed by atoms with E-state index in [-0.39, 0.29) is 17.3 Å². The zero-order valence-corrected chi connectivity index (χ0v) is 23.8. The highest BCUT2D eigenvalue weighted by molar-refractivity contribution is 9.10. The quantitative estimate of drug-likeness (QED) is 0.370. The SMILES string of the molecule is CCNC(=O)[C@H](C)N(Cc1cccc(Br)c1)C(=O)CN(c1cc(C)cc(C)c1)S(=O)(=O)c1ccccc1. The van der Waals surface area contributed by atoms with Crippen molar-refractivity contribution < 1.29 is 18.0 Å². The zero-order valence-electron chi connectivity index (χ0n) is 21.4. The van der Waals surface area contributed by atoms with Crippen molar-refractivity contribution in [2.45, 2.75) is 45.2 Å². The molecule has 1 atom stereocenters. The van der Waals surface area contributed by atoms with Gasteiger partial charge in [-0.25, -0.2) is 8.42 Å². The number of hydrogen-bond acceptors (Lipinski definition) is 4. The Hall–Kier alpha value is -3.17. The standard InChI is InChI=1S/C28H32BrN3O4S/c1-5-30-28(34)22(4)31(18-23-10-9-11-24(29)17-23)27(33)19-32(25-15-20(2)14-21(3)16-25)37(35,36)26-12-7-6-8-13-26/h6-17,22H,5,18-19H2,1-4H3,(H,30,34)/t22-/m0/s1. The zero-order chi connectivity index (χ0) is 27.2. The molecule has 0 aliphatic rings. The summed E-state index contributed by atoms with van der Waals surface area (Å²) in [7, 11) is -4.07. The third-order valence-corrected chi connectivity index (χ3v) is 8.15. The van der Waals surface area contributed by atoms with E-state index in [0.29, 0.717) is 12.2 Å². The molecule has 0 bridgehead atoms. The first-order chi connectivity index (χ1) is 17.5. The van der Waals surface area contributed by atoms with Gasteiger partial charge < -0.3 is 10.2 Å². The van der Waals surface area contributed by atoms with E-state index in [1.54, 1.807) is 44.2 Å². The Morgan fingerprint density at radius 2 is 1.59 bits per heavy atom. The lowest BCUT2D eigenvalue weighted by Gasteiger charge is -2.32. The summed E-state index contributed by atoms with van der Waals surface area (Å²) in [6.45, 7) is 7.30. The van der Waals surface area contributed by atoms with E-state index in [9.17, 15) is 18.0 Å². The fraction of sp³-hybridized carbons (Fsp3) is 0.286. The summed E-state index contributed by atoms with van der Waals surface area (Å²) < 4.78 is 29.6. The lowest BCUT2D eigenvalue weighted by atomic mass is 10.1. The van der Waals surface area contributed by atoms with Gasteiger partial charge in [0, 0.05) is 17.6 Å². The van der Waals surface area contributed by atoms with Crippen LogP contribution < -0.4 is 9.62 Å². The number of nitrogens with zero attached hydrogens (tertiary/aromatic N) is 2. The van der Waals surface area contributed by atoms with E-state index in [1.165, 1.54) is 17.0 Å². The van der Waals surface area contributed by atoms with Crippen LogP contribution in [0.15, 0.2) is 82.2 Å². The van der Waals surface area contributed by atoms with Crippen LogP contribution in [-0.2, 0) is 26.2 Å². The van der Waals surface area contributed by atoms with Crippen molar-refractivity contribution in [2.75, 3.05) is 17.4 Å². The number of amides is 2. The van der Waals surface area contributed by atoms with Crippen LogP contribution in [0.1, 0.15) is 30.5 Å². The third-order valence-electron chi connectivity index (χ3n) is 5.86. The molecule has 0 fully saturated rings. The van der Waals surface area contributed by atoms with Gasteiger partial charge in [0.25, 0.3) is 10.0 Å². The average molecular weight is 587 g/mol. The number of anilines is 1. The average Bonchev–Trinajstić information content (AvgIpc) is 2.85. The number of aryl methyl sites for hydroxylation is 2. The number of rotatable bonds is 10. The van der Waals surface area contributed by atoms with Crippen molar-refractivity contribution in [2.24, 2.45) is 0 Å². The molecule has 9 heteroatoms. The number of carbonyl (C=O) groups excluding carboxylic acids is 2. The summed E-state index contributed by atoms with van der Waals surface area (Å²) >= 11 is 3.45. The van der Waals surface area contributed by atoms with Gasteiger partial charge in [-0.1, -0.05) is 52.3 Å². The van der Waals surface area contributed by atoms with Crippen molar-refractivity contribution >= 4 is 43.5 Å². The summed E-state index contributed by atoms with van der Waals surface area (Å²) in [5.74, 6) is -0.799. The molecule has 3 aromatic carbocycles. The topological polar surface area (TPSA) is 86.8 Å². The number of carbonyl (C=O) groups is 2. The molecule has 0 spiro atoms. The van der Waals surface area contributed by atoms with Gasteiger partial charge in [-0.05, 0) is 80.8 Å². The van der Waals surface area contributed by atoms with Gasteiger partial charge in [0.05, 0.1) is 10.6 Å². The number of hydrogen-bond donors (Lipinski definition) is 1. The lowest BCUT2D eigenvalue weighted by molar-refractivity contribution is -0.139. The molecule has 0 saturated carbocycles. The molecule has 3 aromatic rings. The van der Waals surface area contributed by atoms with E-state index in [4.69, 9.17) is 0 Å². The highest BCUT2D eigenvalue weighted by Gasteiger charge is 2.32. The smallest absolute Gasteiger partial charge is 0.264 e. The molecule has 196 valence electrons. The normalized spacial score (nSPS) is 12.0. The molecule has 0 aliphatic heterocycles. The molecule has 0 aromatic heterocycles. The predicted molar refractivity (Wildman–Crippen MR) is 150 cm³/mol. The summed E-state index contributed by atoms with van der Waals surface area (Å²) in [6, 6.07) is 20.1. The Kier molecular flexibility index (Phi) is 9.50. The molecule has 0 heterocycles. The predicted octanol–water partition coefficient (Wildman–Crippen LogP) is 4.81. The molecule has 1 N–H and O–H groups in total. The minimum absolute atomic E-state index is 0.0808. The minimum Gasteiger partial charge on any atom is -0.355 e. The Morgan fingerprint density at radius 1 is 0.946 bits per heavy atom. The number of halogens is 1. The highest BCUT2D eigenvalue weighted by atomic mass is 79.9. The molecule has 0 radical (unpaired) electrons. The van der Waals surface area contributed by atoms with Crippen molar-refractivity contribution in [3.05, 3.63) is 94.0 Å². The fourth-order valence-electron chi connectivity index (χ4n) is 4.08. The van der Waals surface area contributed by atoms with Crippen LogP contribution in [0, 0.1) is 13.8 Å². The van der Waals surface area contributed by atoms with E-state index in [2.05, 4.69) is 21.2 Å². The number of likely N-dealkylation sites (N-methyl/N-ethyl adjacent to an activating group) is 1. The summed E-state index contributed by atoms with van der Waals surface area (Å²) in [5, 5.41) is 2.76. The van der Waals surface area contributed by atoms with Crippen molar-refractivity contribution in [1.82, 2.24) is 10.2 Å². The second kappa shape index (κ2) is 12.4. The Labute approximate surface area is 227 Å². The first-order valence-electron chi connectivity index (χ1n) is 12.0. The third kappa shape index (κ3) is 7.20. The van der Waals surface area contributed by atoms with Crippen molar-refractivity contribution in [1.29, 1.82) is 0 Å². The van der Waals surface area contributed by atoms with E-state index in [0.717, 1.165) is 25.5 Å². The van der Waals surface area contributed by atoms with Gasteiger partial charge in [-0.3, -0.25) is 13.9 Å². The van der Waals surface area contributed by atoms with Gasteiger partial charge in [0.15, 0.2) is 0 Å². The molecule has 7 nitrogen and oxygen atoms in total. The molecule has 0 saturated heterocycles. The molecule has 0 unspecified atom stereocenters. The molecule has 0 aliphatic carbocycles. The second-order valence-corrected chi connectivity index (χ2v) is 11.7. The van der Waals surface area contributed by atoms with Crippen LogP contribution in [0.3, 0.4) is 0 Å². The van der Waals surface area contributed by atoms with Crippen LogP contribution in [0.5, 0.6) is 0 Å². The second-order valence-electron chi connectivity index (χ2n) is 8.89. The van der Waals surface area contributed by atoms with Crippen LogP contribution in [0.25, 0.3) is 0 Å². The Balaban J connectivity index is 2.05. The lowest BCUT2D eigenvalue weighted by Crippen LogP contribution is -2.51. The van der Waals surface area contributed by atoms with Gasteiger partial charge in [0.2, 0.25) is 11.8 Å². The van der Waals surface area contributed by atoms with E-state index < -0.39 is 28.5 Å². The van der Waals surface area contributed by atoms with Crippen molar-refractivity contribution in [3.63, 3.8) is 0 Å².